The van der Waals surface area contributed by atoms with Gasteiger partial charge in [-0.15, -0.1) is 0 Å². The van der Waals surface area contributed by atoms with Crippen LogP contribution in [0, 0.1) is 0 Å². The van der Waals surface area contributed by atoms with Gasteiger partial charge in [0.15, 0.2) is 0 Å². The molecule has 3 nitrogen and oxygen atoms in total. The lowest BCUT2D eigenvalue weighted by Crippen LogP contribution is -2.15. The second kappa shape index (κ2) is 16.0. The predicted molar refractivity (Wildman–Crippen MR) is 312 cm³/mol. The lowest BCUT2D eigenvalue weighted by molar-refractivity contribution is 0.590. The first-order chi connectivity index (χ1) is 34.2. The Bertz CT molecular complexity index is 3780. The van der Waals surface area contributed by atoms with E-state index in [1.165, 1.54) is 76.8 Å². The van der Waals surface area contributed by atoms with Gasteiger partial charge < -0.3 is 14.0 Å². The summed E-state index contributed by atoms with van der Waals surface area (Å²) in [6.07, 6.45) is 0. The fraction of sp³-hybridized carbons (Fsp3) is 0.235. The third-order valence-corrected chi connectivity index (χ3v) is 15.9. The molecule has 12 rings (SSSR count). The Kier molecular flexibility index (Phi) is 10.2. The zero-order chi connectivity index (χ0) is 50.4. The molecule has 0 radical (unpaired) electrons. The molecule has 4 heteroatoms. The molecule has 0 N–H and O–H groups in total. The third kappa shape index (κ3) is 7.21. The van der Waals surface area contributed by atoms with Crippen LogP contribution >= 0.6 is 11.6 Å². The van der Waals surface area contributed by atoms with Crippen LogP contribution in [0.3, 0.4) is 0 Å². The molecule has 2 aromatic heterocycles. The van der Waals surface area contributed by atoms with Crippen molar-refractivity contribution in [1.29, 1.82) is 0 Å². The fourth-order valence-corrected chi connectivity index (χ4v) is 11.8. The summed E-state index contributed by atoms with van der Waals surface area (Å²) < 4.78 is 4.94. The van der Waals surface area contributed by atoms with E-state index in [9.17, 15) is 0 Å². The van der Waals surface area contributed by atoms with Gasteiger partial charge in [-0.2, -0.15) is 0 Å². The van der Waals surface area contributed by atoms with E-state index in [2.05, 4.69) is 267 Å². The Balaban J connectivity index is 1.22. The molecule has 0 bridgehead atoms. The molecule has 1 aliphatic rings. The number of aromatic nitrogens is 2. The van der Waals surface area contributed by atoms with Gasteiger partial charge >= 0.3 is 0 Å². The second-order valence-corrected chi connectivity index (χ2v) is 24.8. The largest absolute Gasteiger partial charge is 0.309 e. The van der Waals surface area contributed by atoms with Crippen molar-refractivity contribution >= 4 is 83.0 Å². The smallest absolute Gasteiger partial charge is 0.0888 e. The van der Waals surface area contributed by atoms with Gasteiger partial charge in [0.05, 0.1) is 44.2 Å². The molecule has 0 saturated heterocycles. The van der Waals surface area contributed by atoms with Gasteiger partial charge in [-0.1, -0.05) is 192 Å². The van der Waals surface area contributed by atoms with Crippen molar-refractivity contribution in [1.82, 2.24) is 9.13 Å². The molecule has 358 valence electrons. The summed E-state index contributed by atoms with van der Waals surface area (Å²) in [5.74, 6) is 0. The Morgan fingerprint density at radius 2 is 0.750 bits per heavy atom. The van der Waals surface area contributed by atoms with Gasteiger partial charge in [0.1, 0.15) is 0 Å². The SMILES string of the molecule is CC(C)(C)c1ccc(N(c2ccc(C(C)(C)C)cc2)c2cc(-n3c4cccc5c4c4c(cccc43)-c3cccc4cccc-5c34)cc(-n3c4ccc(C(C)(C)C)cc4c4cc(C(C)(C)C)ccc43)c2Cl)cc1. The van der Waals surface area contributed by atoms with E-state index >= 15 is 0 Å². The van der Waals surface area contributed by atoms with Gasteiger partial charge in [0, 0.05) is 32.9 Å². The summed E-state index contributed by atoms with van der Waals surface area (Å²) in [6.45, 7) is 27.5. The average Bonchev–Trinajstić information content (AvgIpc) is 3.82. The number of hydrogen-bond donors (Lipinski definition) is 0. The van der Waals surface area contributed by atoms with Crippen LogP contribution in [0.5, 0.6) is 0 Å². The van der Waals surface area contributed by atoms with Gasteiger partial charge in [-0.25, -0.2) is 0 Å². The van der Waals surface area contributed by atoms with E-state index in [-0.39, 0.29) is 21.7 Å². The molecule has 0 saturated carbocycles. The number of fused-ring (bicyclic) bond motifs is 5. The van der Waals surface area contributed by atoms with Gasteiger partial charge in [-0.3, -0.25) is 0 Å². The highest BCUT2D eigenvalue weighted by Crippen LogP contribution is 2.52. The molecule has 72 heavy (non-hydrogen) atoms. The minimum Gasteiger partial charge on any atom is -0.309 e. The molecule has 0 atom stereocenters. The molecule has 0 amide bonds. The standard InChI is InChI=1S/C68H64ClN3/c1-65(2,3)42-25-31-46(32-26-42)70(47-33-27-43(28-34-47)66(4,5)6)59-39-48(40-60(64(59)69)72-55-35-29-44(67(7,8)9)37-53(55)54-38-45(68(10,11)12)30-36-56(54)72)71-57-23-15-21-51-49-19-13-17-41-18-14-20-50(61(41)49)52-22-16-24-58(71)63(52)62(51)57/h13-40H,1-12H3. The first kappa shape index (κ1) is 46.0. The summed E-state index contributed by atoms with van der Waals surface area (Å²) >= 11 is 8.29. The molecule has 0 fully saturated rings. The predicted octanol–water partition coefficient (Wildman–Crippen LogP) is 20.0. The average molecular weight is 959 g/mol. The Morgan fingerprint density at radius 1 is 0.361 bits per heavy atom. The van der Waals surface area contributed by atoms with Crippen molar-refractivity contribution in [3.8, 4) is 33.6 Å². The van der Waals surface area contributed by atoms with Crippen LogP contribution in [0.2, 0.25) is 5.02 Å². The lowest BCUT2D eigenvalue weighted by atomic mass is 9.85. The van der Waals surface area contributed by atoms with Crippen molar-refractivity contribution in [2.24, 2.45) is 0 Å². The molecule has 1 aliphatic carbocycles. The third-order valence-electron chi connectivity index (χ3n) is 15.5. The molecule has 11 aromatic rings. The molecule has 0 unspecified atom stereocenters. The van der Waals surface area contributed by atoms with E-state index in [0.717, 1.165) is 50.5 Å². The van der Waals surface area contributed by atoms with Crippen molar-refractivity contribution in [3.05, 3.63) is 197 Å². The minimum absolute atomic E-state index is 0.0123. The van der Waals surface area contributed by atoms with Crippen molar-refractivity contribution in [2.45, 2.75) is 105 Å². The molecular formula is C68H64ClN3. The highest BCUT2D eigenvalue weighted by molar-refractivity contribution is 6.36. The summed E-state index contributed by atoms with van der Waals surface area (Å²) in [6, 6.07) is 64.3. The normalized spacial score (nSPS) is 13.1. The van der Waals surface area contributed by atoms with E-state index in [4.69, 9.17) is 11.6 Å². The summed E-state index contributed by atoms with van der Waals surface area (Å²) in [4.78, 5) is 2.38. The Hall–Kier alpha value is -7.07. The van der Waals surface area contributed by atoms with E-state index in [1.807, 2.05) is 0 Å². The van der Waals surface area contributed by atoms with Gasteiger partial charge in [0.25, 0.3) is 0 Å². The van der Waals surface area contributed by atoms with Gasteiger partial charge in [0.2, 0.25) is 0 Å². The Labute approximate surface area is 430 Å². The molecule has 0 aliphatic heterocycles. The number of anilines is 3. The summed E-state index contributed by atoms with van der Waals surface area (Å²) in [5, 5.41) is 8.20. The van der Waals surface area contributed by atoms with Crippen LogP contribution in [0.4, 0.5) is 17.1 Å². The topological polar surface area (TPSA) is 13.1 Å². The van der Waals surface area contributed by atoms with Crippen LogP contribution in [0.15, 0.2) is 170 Å². The molecule has 2 heterocycles. The maximum Gasteiger partial charge on any atom is 0.0888 e. The van der Waals surface area contributed by atoms with E-state index in [1.54, 1.807) is 0 Å². The molecular weight excluding hydrogens is 894 g/mol. The van der Waals surface area contributed by atoms with Crippen molar-refractivity contribution in [3.63, 3.8) is 0 Å². The number of benzene rings is 9. The zero-order valence-corrected chi connectivity index (χ0v) is 44.6. The van der Waals surface area contributed by atoms with Crippen molar-refractivity contribution in [2.75, 3.05) is 4.90 Å². The fourth-order valence-electron chi connectivity index (χ4n) is 11.5. The molecule has 0 spiro atoms. The maximum atomic E-state index is 8.29. The lowest BCUT2D eigenvalue weighted by Gasteiger charge is -2.30. The Morgan fingerprint density at radius 3 is 1.17 bits per heavy atom. The zero-order valence-electron chi connectivity index (χ0n) is 43.9. The number of rotatable bonds is 5. The highest BCUT2D eigenvalue weighted by Gasteiger charge is 2.29. The summed E-state index contributed by atoms with van der Waals surface area (Å²) in [7, 11) is 0. The van der Waals surface area contributed by atoms with Crippen LogP contribution < -0.4 is 4.90 Å². The first-order valence-electron chi connectivity index (χ1n) is 25.7. The highest BCUT2D eigenvalue weighted by atomic mass is 35.5. The summed E-state index contributed by atoms with van der Waals surface area (Å²) in [5.41, 5.74) is 19.6. The van der Waals surface area contributed by atoms with Crippen LogP contribution in [-0.2, 0) is 21.7 Å². The van der Waals surface area contributed by atoms with Crippen molar-refractivity contribution < 1.29 is 0 Å². The van der Waals surface area contributed by atoms with E-state index < -0.39 is 0 Å². The monoisotopic (exact) mass is 957 g/mol. The quantitative estimate of drug-likeness (QED) is 0.168. The number of nitrogens with zero attached hydrogens (tertiary/aromatic N) is 3. The van der Waals surface area contributed by atoms with Crippen LogP contribution in [-0.4, -0.2) is 9.13 Å². The van der Waals surface area contributed by atoms with E-state index in [0.29, 0.717) is 5.02 Å². The number of halogens is 1. The first-order valence-corrected chi connectivity index (χ1v) is 26.1. The number of hydrogen-bond acceptors (Lipinski definition) is 1. The maximum absolute atomic E-state index is 8.29. The van der Waals surface area contributed by atoms with Crippen LogP contribution in [0.25, 0.3) is 88.0 Å². The minimum atomic E-state index is -0.0383. The van der Waals surface area contributed by atoms with Gasteiger partial charge in [-0.05, 0) is 150 Å². The second-order valence-electron chi connectivity index (χ2n) is 24.5. The molecule has 9 aromatic carbocycles. The van der Waals surface area contributed by atoms with Crippen LogP contribution in [0.1, 0.15) is 105 Å².